The number of nitrogens with one attached hydrogen (secondary N) is 2. The predicted octanol–water partition coefficient (Wildman–Crippen LogP) is 2.08. The van der Waals surface area contributed by atoms with Crippen molar-refractivity contribution in [3.05, 3.63) is 18.2 Å². The van der Waals surface area contributed by atoms with E-state index >= 15 is 0 Å². The number of carbonyl (C=O) groups is 2. The van der Waals surface area contributed by atoms with Crippen LogP contribution in [0, 0.1) is 0 Å². The number of benzene rings is 1. The van der Waals surface area contributed by atoms with Gasteiger partial charge in [0.25, 0.3) is 0 Å². The molecule has 0 fully saturated rings. The molecule has 0 bridgehead atoms. The zero-order valence-corrected chi connectivity index (χ0v) is 12.3. The number of carboxylic acid groups (broad SMARTS) is 1. The van der Waals surface area contributed by atoms with E-state index in [1.807, 2.05) is 13.8 Å². The Kier molecular flexibility index (Phi) is 6.32. The molecule has 2 amide bonds. The number of methoxy groups -OCH3 is 1. The van der Waals surface area contributed by atoms with Crippen LogP contribution in [0.5, 0.6) is 11.5 Å². The molecule has 1 rings (SSSR count). The largest absolute Gasteiger partial charge is 0.493 e. The molecular formula is C14H20N2O5. The molecule has 21 heavy (non-hydrogen) atoms. The third kappa shape index (κ3) is 6.03. The molecule has 3 N–H and O–H groups in total. The SMILES string of the molecule is COc1cc(NC(=O)NCCC(=O)O)ccc1OC(C)C. The molecule has 0 radical (unpaired) electrons. The number of rotatable bonds is 7. The lowest BCUT2D eigenvalue weighted by Gasteiger charge is -2.15. The Labute approximate surface area is 123 Å². The zero-order valence-electron chi connectivity index (χ0n) is 12.3. The first-order chi connectivity index (χ1) is 9.92. The minimum absolute atomic E-state index is 0.0111. The summed E-state index contributed by atoms with van der Waals surface area (Å²) in [7, 11) is 1.51. The Morgan fingerprint density at radius 3 is 2.57 bits per heavy atom. The molecule has 116 valence electrons. The highest BCUT2D eigenvalue weighted by Gasteiger charge is 2.09. The summed E-state index contributed by atoms with van der Waals surface area (Å²) in [5, 5.41) is 13.5. The second kappa shape index (κ2) is 7.98. The summed E-state index contributed by atoms with van der Waals surface area (Å²) < 4.78 is 10.8. The summed E-state index contributed by atoms with van der Waals surface area (Å²) in [6, 6.07) is 4.54. The highest BCUT2D eigenvalue weighted by molar-refractivity contribution is 5.89. The van der Waals surface area contributed by atoms with Gasteiger partial charge in [0.15, 0.2) is 11.5 Å². The maximum Gasteiger partial charge on any atom is 0.319 e. The molecule has 0 spiro atoms. The van der Waals surface area contributed by atoms with E-state index in [4.69, 9.17) is 14.6 Å². The number of urea groups is 1. The Balaban J connectivity index is 2.63. The Morgan fingerprint density at radius 1 is 1.29 bits per heavy atom. The lowest BCUT2D eigenvalue weighted by atomic mass is 10.2. The Hall–Kier alpha value is -2.44. The second-order valence-corrected chi connectivity index (χ2v) is 4.56. The van der Waals surface area contributed by atoms with Gasteiger partial charge in [-0.3, -0.25) is 4.79 Å². The quantitative estimate of drug-likeness (QED) is 0.715. The van der Waals surface area contributed by atoms with Gasteiger partial charge in [-0.15, -0.1) is 0 Å². The van der Waals surface area contributed by atoms with Crippen LogP contribution in [-0.2, 0) is 4.79 Å². The summed E-state index contributed by atoms with van der Waals surface area (Å²) in [6.45, 7) is 3.87. The smallest absolute Gasteiger partial charge is 0.319 e. The molecule has 0 aliphatic rings. The van der Waals surface area contributed by atoms with Crippen molar-refractivity contribution in [1.82, 2.24) is 5.32 Å². The van der Waals surface area contributed by atoms with Crippen molar-refractivity contribution in [2.45, 2.75) is 26.4 Å². The number of carbonyl (C=O) groups excluding carboxylic acids is 1. The summed E-state index contributed by atoms with van der Waals surface area (Å²) in [5.41, 5.74) is 0.524. The molecule has 7 heteroatoms. The van der Waals surface area contributed by atoms with E-state index in [1.54, 1.807) is 18.2 Å². The molecular weight excluding hydrogens is 276 g/mol. The van der Waals surface area contributed by atoms with Gasteiger partial charge in [0.1, 0.15) is 0 Å². The normalized spacial score (nSPS) is 10.1. The van der Waals surface area contributed by atoms with Gasteiger partial charge >= 0.3 is 12.0 Å². The monoisotopic (exact) mass is 296 g/mol. The van der Waals surface area contributed by atoms with Crippen LogP contribution >= 0.6 is 0 Å². The third-order valence-corrected chi connectivity index (χ3v) is 2.41. The van der Waals surface area contributed by atoms with Gasteiger partial charge < -0.3 is 25.2 Å². The molecule has 0 saturated heterocycles. The van der Waals surface area contributed by atoms with Crippen molar-refractivity contribution >= 4 is 17.7 Å². The average molecular weight is 296 g/mol. The van der Waals surface area contributed by atoms with Crippen molar-refractivity contribution in [3.8, 4) is 11.5 Å². The topological polar surface area (TPSA) is 96.9 Å². The van der Waals surface area contributed by atoms with Crippen LogP contribution < -0.4 is 20.1 Å². The molecule has 0 aliphatic carbocycles. The van der Waals surface area contributed by atoms with Crippen molar-refractivity contribution in [1.29, 1.82) is 0 Å². The van der Waals surface area contributed by atoms with Gasteiger partial charge in [-0.2, -0.15) is 0 Å². The lowest BCUT2D eigenvalue weighted by molar-refractivity contribution is -0.136. The van der Waals surface area contributed by atoms with Crippen LogP contribution in [-0.4, -0.2) is 36.9 Å². The summed E-state index contributed by atoms with van der Waals surface area (Å²) >= 11 is 0. The maximum atomic E-state index is 11.6. The Bertz CT molecular complexity index is 502. The molecule has 1 aromatic carbocycles. The van der Waals surface area contributed by atoms with E-state index in [0.29, 0.717) is 17.2 Å². The van der Waals surface area contributed by atoms with Gasteiger partial charge in [-0.05, 0) is 26.0 Å². The summed E-state index contributed by atoms with van der Waals surface area (Å²) in [4.78, 5) is 21.9. The second-order valence-electron chi connectivity index (χ2n) is 4.56. The van der Waals surface area contributed by atoms with E-state index in [9.17, 15) is 9.59 Å². The first-order valence-electron chi connectivity index (χ1n) is 6.53. The fraction of sp³-hybridized carbons (Fsp3) is 0.429. The molecule has 1 aromatic rings. The van der Waals surface area contributed by atoms with Crippen LogP contribution in [0.1, 0.15) is 20.3 Å². The van der Waals surface area contributed by atoms with Crippen molar-refractivity contribution in [3.63, 3.8) is 0 Å². The number of amides is 2. The number of hydrogen-bond donors (Lipinski definition) is 3. The molecule has 0 unspecified atom stereocenters. The van der Waals surface area contributed by atoms with Crippen LogP contribution in [0.4, 0.5) is 10.5 Å². The van der Waals surface area contributed by atoms with Crippen molar-refractivity contribution in [2.24, 2.45) is 0 Å². The van der Waals surface area contributed by atoms with Gasteiger partial charge in [0.05, 0.1) is 19.6 Å². The zero-order chi connectivity index (χ0) is 15.8. The van der Waals surface area contributed by atoms with Gasteiger partial charge in [-0.25, -0.2) is 4.79 Å². The number of carboxylic acids is 1. The van der Waals surface area contributed by atoms with E-state index in [-0.39, 0.29) is 19.1 Å². The first-order valence-corrected chi connectivity index (χ1v) is 6.53. The first kappa shape index (κ1) is 16.6. The minimum atomic E-state index is -0.966. The predicted molar refractivity (Wildman–Crippen MR) is 78.0 cm³/mol. The van der Waals surface area contributed by atoms with Crippen LogP contribution in [0.25, 0.3) is 0 Å². The standard InChI is InChI=1S/C14H20N2O5/c1-9(2)21-11-5-4-10(8-12(11)20-3)16-14(19)15-7-6-13(17)18/h4-5,8-9H,6-7H2,1-3H3,(H,17,18)(H2,15,16,19). The fourth-order valence-corrected chi connectivity index (χ4v) is 1.55. The van der Waals surface area contributed by atoms with Crippen LogP contribution in [0.2, 0.25) is 0 Å². The molecule has 0 aliphatic heterocycles. The van der Waals surface area contributed by atoms with E-state index in [1.165, 1.54) is 7.11 Å². The number of ether oxygens (including phenoxy) is 2. The Morgan fingerprint density at radius 2 is 2.00 bits per heavy atom. The lowest BCUT2D eigenvalue weighted by Crippen LogP contribution is -2.30. The maximum absolute atomic E-state index is 11.6. The highest BCUT2D eigenvalue weighted by atomic mass is 16.5. The van der Waals surface area contributed by atoms with Crippen molar-refractivity contribution < 1.29 is 24.2 Å². The van der Waals surface area contributed by atoms with Crippen LogP contribution in [0.15, 0.2) is 18.2 Å². The molecule has 7 nitrogen and oxygen atoms in total. The number of anilines is 1. The third-order valence-electron chi connectivity index (χ3n) is 2.41. The average Bonchev–Trinajstić information content (AvgIpc) is 2.39. The van der Waals surface area contributed by atoms with Crippen LogP contribution in [0.3, 0.4) is 0 Å². The van der Waals surface area contributed by atoms with E-state index in [0.717, 1.165) is 0 Å². The fourth-order valence-electron chi connectivity index (χ4n) is 1.55. The molecule has 0 aromatic heterocycles. The highest BCUT2D eigenvalue weighted by Crippen LogP contribution is 2.30. The van der Waals surface area contributed by atoms with Gasteiger partial charge in [0, 0.05) is 18.3 Å². The number of aliphatic carboxylic acids is 1. The van der Waals surface area contributed by atoms with E-state index < -0.39 is 12.0 Å². The molecule has 0 heterocycles. The molecule has 0 atom stereocenters. The van der Waals surface area contributed by atoms with Gasteiger partial charge in [0.2, 0.25) is 0 Å². The van der Waals surface area contributed by atoms with Crippen molar-refractivity contribution in [2.75, 3.05) is 19.0 Å². The number of hydrogen-bond acceptors (Lipinski definition) is 4. The summed E-state index contributed by atoms with van der Waals surface area (Å²) in [6.07, 6.45) is -0.116. The summed E-state index contributed by atoms with van der Waals surface area (Å²) in [5.74, 6) is 0.128. The van der Waals surface area contributed by atoms with E-state index in [2.05, 4.69) is 10.6 Å². The minimum Gasteiger partial charge on any atom is -0.493 e. The van der Waals surface area contributed by atoms with Gasteiger partial charge in [-0.1, -0.05) is 0 Å². The molecule has 0 saturated carbocycles.